The minimum absolute atomic E-state index is 0.133. The summed E-state index contributed by atoms with van der Waals surface area (Å²) in [4.78, 5) is 24.1. The largest absolute Gasteiger partial charge is 0.365 e. The van der Waals surface area contributed by atoms with Crippen molar-refractivity contribution in [2.75, 3.05) is 0 Å². The van der Waals surface area contributed by atoms with E-state index in [-0.39, 0.29) is 16.0 Å². The second kappa shape index (κ2) is 4.94. The van der Waals surface area contributed by atoms with E-state index < -0.39 is 10.8 Å². The molecule has 0 saturated carbocycles. The third-order valence-corrected chi connectivity index (χ3v) is 2.85. The number of nitrogens with zero attached hydrogens (tertiary/aromatic N) is 3. The van der Waals surface area contributed by atoms with E-state index in [0.29, 0.717) is 11.0 Å². The fourth-order valence-corrected chi connectivity index (χ4v) is 1.89. The molecule has 1 aromatic carbocycles. The Balaban J connectivity index is 2.76. The van der Waals surface area contributed by atoms with Crippen molar-refractivity contribution in [1.29, 1.82) is 5.26 Å². The van der Waals surface area contributed by atoms with Crippen molar-refractivity contribution < 1.29 is 9.72 Å². The number of aromatic nitrogens is 2. The number of fused-ring (bicyclic) bond motifs is 1. The molecule has 0 fully saturated rings. The number of non-ortho nitro benzene ring substituents is 1. The van der Waals surface area contributed by atoms with Gasteiger partial charge in [-0.15, -0.1) is 0 Å². The van der Waals surface area contributed by atoms with E-state index in [9.17, 15) is 14.9 Å². The Bertz CT molecular complexity index is 855. The molecule has 0 unspecified atom stereocenters. The molecule has 0 bridgehead atoms. The van der Waals surface area contributed by atoms with Gasteiger partial charge in [-0.25, -0.2) is 0 Å². The zero-order valence-electron chi connectivity index (χ0n) is 9.86. The summed E-state index contributed by atoms with van der Waals surface area (Å²) in [6, 6.07) is 5.74. The second-order valence-corrected chi connectivity index (χ2v) is 4.16. The van der Waals surface area contributed by atoms with Gasteiger partial charge in [-0.2, -0.15) is 5.26 Å². The van der Waals surface area contributed by atoms with Gasteiger partial charge in [-0.05, 0) is 18.3 Å². The molecule has 8 nitrogen and oxygen atoms in total. The molecule has 0 spiro atoms. The molecule has 9 heteroatoms. The van der Waals surface area contributed by atoms with Gasteiger partial charge in [0.05, 0.1) is 16.0 Å². The highest BCUT2D eigenvalue weighted by atomic mass is 32.1. The highest BCUT2D eigenvalue weighted by molar-refractivity contribution is 7.71. The normalized spacial score (nSPS) is 11.2. The summed E-state index contributed by atoms with van der Waals surface area (Å²) in [6.45, 7) is 0. The van der Waals surface area contributed by atoms with Crippen LogP contribution in [0, 0.1) is 26.2 Å². The molecule has 1 amide bonds. The third-order valence-electron chi connectivity index (χ3n) is 2.56. The number of nitrogens with two attached hydrogens (primary N) is 1. The van der Waals surface area contributed by atoms with Crippen LogP contribution in [0.15, 0.2) is 23.8 Å². The van der Waals surface area contributed by atoms with Crippen LogP contribution in [-0.4, -0.2) is 20.4 Å². The predicted molar refractivity (Wildman–Crippen MR) is 72.9 cm³/mol. The molecule has 2 aromatic rings. The van der Waals surface area contributed by atoms with Crippen molar-refractivity contribution in [2.24, 2.45) is 5.73 Å². The summed E-state index contributed by atoms with van der Waals surface area (Å²) in [7, 11) is 0. The number of rotatable bonds is 3. The number of benzene rings is 1. The molecule has 0 radical (unpaired) electrons. The van der Waals surface area contributed by atoms with Crippen LogP contribution < -0.4 is 5.73 Å². The fourth-order valence-electron chi connectivity index (χ4n) is 1.63. The number of H-pyrrole nitrogens is 1. The SMILES string of the molecule is N#C/C(=C\n1c(=S)[nH]c2ccc([N+](=O)[O-])cc21)C(N)=O. The standard InChI is InChI=1S/C11H7N5O3S/c12-4-6(10(13)17)5-15-9-3-7(16(18)19)1-2-8(9)14-11(15)20/h1-3,5H,(H2,13,17)(H,14,20)/b6-5+. The van der Waals surface area contributed by atoms with E-state index in [4.69, 9.17) is 23.2 Å². The van der Waals surface area contributed by atoms with Gasteiger partial charge in [0, 0.05) is 18.3 Å². The average Bonchev–Trinajstić information content (AvgIpc) is 2.70. The molecule has 1 aromatic heterocycles. The average molecular weight is 289 g/mol. The van der Waals surface area contributed by atoms with Gasteiger partial charge in [-0.3, -0.25) is 19.5 Å². The van der Waals surface area contributed by atoms with Crippen LogP contribution in [-0.2, 0) is 4.79 Å². The maximum Gasteiger partial charge on any atom is 0.271 e. The van der Waals surface area contributed by atoms with E-state index in [1.54, 1.807) is 6.07 Å². The Labute approximate surface area is 116 Å². The minimum atomic E-state index is -0.908. The number of carbonyl (C=O) groups is 1. The Morgan fingerprint density at radius 3 is 2.85 bits per heavy atom. The fraction of sp³-hybridized carbons (Fsp3) is 0. The van der Waals surface area contributed by atoms with Gasteiger partial charge in [0.15, 0.2) is 4.77 Å². The molecule has 3 N–H and O–H groups in total. The van der Waals surface area contributed by atoms with Crippen LogP contribution in [0.2, 0.25) is 0 Å². The molecule has 1 heterocycles. The number of nitro groups is 1. The van der Waals surface area contributed by atoms with Gasteiger partial charge in [-0.1, -0.05) is 0 Å². The predicted octanol–water partition coefficient (Wildman–Crippen LogP) is 1.46. The first-order valence-corrected chi connectivity index (χ1v) is 5.65. The first kappa shape index (κ1) is 13.4. The van der Waals surface area contributed by atoms with E-state index in [2.05, 4.69) is 4.98 Å². The van der Waals surface area contributed by atoms with Gasteiger partial charge in [0.25, 0.3) is 11.6 Å². The van der Waals surface area contributed by atoms with Crippen LogP contribution >= 0.6 is 12.2 Å². The molecule has 20 heavy (non-hydrogen) atoms. The first-order valence-electron chi connectivity index (χ1n) is 5.24. The van der Waals surface area contributed by atoms with Gasteiger partial charge in [0.1, 0.15) is 11.6 Å². The Morgan fingerprint density at radius 1 is 1.60 bits per heavy atom. The molecule has 0 aliphatic carbocycles. The number of carbonyl (C=O) groups excluding carboxylic acids is 1. The number of aromatic amines is 1. The zero-order valence-corrected chi connectivity index (χ0v) is 10.7. The number of nitro benzene ring substituents is 1. The number of hydrogen-bond donors (Lipinski definition) is 2. The summed E-state index contributed by atoms with van der Waals surface area (Å²) < 4.78 is 1.48. The number of nitriles is 1. The highest BCUT2D eigenvalue weighted by Crippen LogP contribution is 2.21. The summed E-state index contributed by atoms with van der Waals surface area (Å²) in [5.41, 5.74) is 5.51. The summed E-state index contributed by atoms with van der Waals surface area (Å²) in [6.07, 6.45) is 1.15. The number of amides is 1. The lowest BCUT2D eigenvalue weighted by Crippen LogP contribution is -2.13. The monoisotopic (exact) mass is 289 g/mol. The van der Waals surface area contributed by atoms with Crippen LogP contribution in [0.5, 0.6) is 0 Å². The van der Waals surface area contributed by atoms with Crippen molar-refractivity contribution in [1.82, 2.24) is 9.55 Å². The maximum atomic E-state index is 11.0. The highest BCUT2D eigenvalue weighted by Gasteiger charge is 2.12. The molecule has 2 rings (SSSR count). The second-order valence-electron chi connectivity index (χ2n) is 3.78. The molecule has 0 aliphatic rings. The molecular weight excluding hydrogens is 282 g/mol. The van der Waals surface area contributed by atoms with Crippen molar-refractivity contribution in [3.8, 4) is 6.07 Å². The molecule has 0 aliphatic heterocycles. The van der Waals surface area contributed by atoms with E-state index >= 15 is 0 Å². The van der Waals surface area contributed by atoms with Crippen molar-refractivity contribution in [3.63, 3.8) is 0 Å². The Kier molecular flexibility index (Phi) is 3.32. The third kappa shape index (κ3) is 2.27. The lowest BCUT2D eigenvalue weighted by atomic mass is 10.2. The van der Waals surface area contributed by atoms with Crippen LogP contribution in [0.25, 0.3) is 17.2 Å². The first-order chi connectivity index (χ1) is 9.43. The van der Waals surface area contributed by atoms with Gasteiger partial charge in [0.2, 0.25) is 0 Å². The van der Waals surface area contributed by atoms with Crippen molar-refractivity contribution in [2.45, 2.75) is 0 Å². The van der Waals surface area contributed by atoms with Crippen molar-refractivity contribution in [3.05, 3.63) is 38.7 Å². The summed E-state index contributed by atoms with van der Waals surface area (Å²) in [5.74, 6) is -0.908. The minimum Gasteiger partial charge on any atom is -0.365 e. The smallest absolute Gasteiger partial charge is 0.271 e. The Morgan fingerprint density at radius 2 is 2.30 bits per heavy atom. The number of hydrogen-bond acceptors (Lipinski definition) is 5. The summed E-state index contributed by atoms with van der Waals surface area (Å²) in [5, 5.41) is 19.6. The zero-order chi connectivity index (χ0) is 14.9. The van der Waals surface area contributed by atoms with Crippen LogP contribution in [0.1, 0.15) is 0 Å². The van der Waals surface area contributed by atoms with E-state index in [0.717, 1.165) is 6.20 Å². The number of imidazole rings is 1. The Hall–Kier alpha value is -2.99. The maximum absolute atomic E-state index is 11.0. The summed E-state index contributed by atoms with van der Waals surface area (Å²) >= 11 is 5.05. The van der Waals surface area contributed by atoms with Crippen LogP contribution in [0.4, 0.5) is 5.69 Å². The van der Waals surface area contributed by atoms with Crippen LogP contribution in [0.3, 0.4) is 0 Å². The molecule has 0 atom stereocenters. The van der Waals surface area contributed by atoms with Gasteiger partial charge < -0.3 is 10.7 Å². The number of nitrogens with one attached hydrogen (secondary N) is 1. The number of primary amides is 1. The lowest BCUT2D eigenvalue weighted by Gasteiger charge is -1.98. The van der Waals surface area contributed by atoms with E-state index in [1.807, 2.05) is 0 Å². The van der Waals surface area contributed by atoms with Gasteiger partial charge >= 0.3 is 0 Å². The topological polar surface area (TPSA) is 131 Å². The molecule has 100 valence electrons. The quantitative estimate of drug-likeness (QED) is 0.290. The molecular formula is C11H7N5O3S. The van der Waals surface area contributed by atoms with Crippen molar-refractivity contribution >= 4 is 41.0 Å². The lowest BCUT2D eigenvalue weighted by molar-refractivity contribution is -0.384. The molecule has 0 saturated heterocycles. The van der Waals surface area contributed by atoms with E-state index in [1.165, 1.54) is 22.8 Å².